The van der Waals surface area contributed by atoms with Gasteiger partial charge in [0.1, 0.15) is 5.75 Å². The largest absolute Gasteiger partial charge is 0.491 e. The van der Waals surface area contributed by atoms with Gasteiger partial charge in [-0.25, -0.2) is 0 Å². The number of amides is 1. The van der Waals surface area contributed by atoms with Crippen molar-refractivity contribution in [2.75, 3.05) is 0 Å². The Morgan fingerprint density at radius 1 is 1.36 bits per heavy atom. The summed E-state index contributed by atoms with van der Waals surface area (Å²) >= 11 is 0. The van der Waals surface area contributed by atoms with Crippen molar-refractivity contribution in [3.05, 3.63) is 29.8 Å². The number of nitrogens with two attached hydrogens (primary N) is 1. The predicted octanol–water partition coefficient (Wildman–Crippen LogP) is 3.03. The van der Waals surface area contributed by atoms with Gasteiger partial charge in [-0.1, -0.05) is 24.6 Å². The van der Waals surface area contributed by atoms with E-state index in [1.807, 2.05) is 38.1 Å². The lowest BCUT2D eigenvalue weighted by Crippen LogP contribution is -2.37. The van der Waals surface area contributed by atoms with E-state index >= 15 is 0 Å². The van der Waals surface area contributed by atoms with Crippen LogP contribution in [-0.2, 0) is 11.3 Å². The van der Waals surface area contributed by atoms with E-state index in [1.54, 1.807) is 0 Å². The van der Waals surface area contributed by atoms with Gasteiger partial charge >= 0.3 is 0 Å². The van der Waals surface area contributed by atoms with Crippen LogP contribution < -0.4 is 15.8 Å². The molecule has 2 atom stereocenters. The van der Waals surface area contributed by atoms with Crippen molar-refractivity contribution in [2.45, 2.75) is 58.2 Å². The van der Waals surface area contributed by atoms with Gasteiger partial charge in [0.05, 0.1) is 6.10 Å². The monoisotopic (exact) mass is 326 g/mol. The highest BCUT2D eigenvalue weighted by atomic mass is 35.5. The summed E-state index contributed by atoms with van der Waals surface area (Å²) in [5.74, 6) is 1.02. The summed E-state index contributed by atoms with van der Waals surface area (Å²) in [6.45, 7) is 4.50. The summed E-state index contributed by atoms with van der Waals surface area (Å²) in [5.41, 5.74) is 6.96. The third-order valence-corrected chi connectivity index (χ3v) is 3.87. The second kappa shape index (κ2) is 9.01. The molecule has 1 saturated carbocycles. The molecule has 1 fully saturated rings. The number of para-hydroxylation sites is 1. The van der Waals surface area contributed by atoms with Crippen LogP contribution in [0.5, 0.6) is 5.75 Å². The van der Waals surface area contributed by atoms with E-state index < -0.39 is 0 Å². The summed E-state index contributed by atoms with van der Waals surface area (Å²) in [4.78, 5) is 12.2. The molecule has 3 N–H and O–H groups in total. The Morgan fingerprint density at radius 3 is 2.77 bits per heavy atom. The van der Waals surface area contributed by atoms with Crippen molar-refractivity contribution in [1.82, 2.24) is 5.32 Å². The van der Waals surface area contributed by atoms with Gasteiger partial charge in [-0.15, -0.1) is 12.4 Å². The van der Waals surface area contributed by atoms with E-state index in [9.17, 15) is 4.79 Å². The Morgan fingerprint density at radius 2 is 2.09 bits per heavy atom. The van der Waals surface area contributed by atoms with Crippen molar-refractivity contribution in [3.8, 4) is 5.75 Å². The molecule has 22 heavy (non-hydrogen) atoms. The number of benzene rings is 1. The van der Waals surface area contributed by atoms with E-state index in [4.69, 9.17) is 10.5 Å². The Labute approximate surface area is 139 Å². The smallest absolute Gasteiger partial charge is 0.223 e. The quantitative estimate of drug-likeness (QED) is 0.874. The van der Waals surface area contributed by atoms with Crippen LogP contribution in [0.1, 0.15) is 45.1 Å². The molecule has 0 heterocycles. The van der Waals surface area contributed by atoms with Crippen LogP contribution in [0, 0.1) is 5.92 Å². The fraction of sp³-hybridized carbons (Fsp3) is 0.588. The molecule has 2 unspecified atom stereocenters. The van der Waals surface area contributed by atoms with E-state index in [-0.39, 0.29) is 36.4 Å². The maximum Gasteiger partial charge on any atom is 0.223 e. The molecule has 0 bridgehead atoms. The predicted molar refractivity (Wildman–Crippen MR) is 91.2 cm³/mol. The lowest BCUT2D eigenvalue weighted by molar-refractivity contribution is -0.126. The number of hydrogen-bond donors (Lipinski definition) is 2. The second-order valence-corrected chi connectivity index (χ2v) is 6.12. The minimum Gasteiger partial charge on any atom is -0.491 e. The molecule has 0 spiro atoms. The maximum atomic E-state index is 12.2. The minimum atomic E-state index is 0. The van der Waals surface area contributed by atoms with Crippen LogP contribution in [0.3, 0.4) is 0 Å². The lowest BCUT2D eigenvalue weighted by atomic mass is 9.85. The maximum absolute atomic E-state index is 12.2. The topological polar surface area (TPSA) is 64.3 Å². The second-order valence-electron chi connectivity index (χ2n) is 6.12. The molecule has 0 saturated heterocycles. The average Bonchev–Trinajstić information content (AvgIpc) is 2.45. The standard InChI is InChI=1S/C17H26N2O2.ClH/c1-12(2)21-16-9-4-3-6-14(16)11-19-17(20)13-7-5-8-15(18)10-13;/h3-4,6,9,12-13,15H,5,7-8,10-11,18H2,1-2H3,(H,19,20);1H. The van der Waals surface area contributed by atoms with Crippen LogP contribution in [0.2, 0.25) is 0 Å². The first-order valence-corrected chi connectivity index (χ1v) is 7.84. The van der Waals surface area contributed by atoms with Gasteiger partial charge in [0, 0.05) is 24.1 Å². The van der Waals surface area contributed by atoms with E-state index in [1.165, 1.54) is 0 Å². The van der Waals surface area contributed by atoms with Gasteiger partial charge in [0.2, 0.25) is 5.91 Å². The third-order valence-electron chi connectivity index (χ3n) is 3.87. The van der Waals surface area contributed by atoms with Gasteiger partial charge < -0.3 is 15.8 Å². The Hall–Kier alpha value is -1.26. The zero-order chi connectivity index (χ0) is 15.2. The zero-order valence-corrected chi connectivity index (χ0v) is 14.2. The fourth-order valence-corrected chi connectivity index (χ4v) is 2.81. The molecule has 1 aliphatic carbocycles. The van der Waals surface area contributed by atoms with Crippen molar-refractivity contribution in [1.29, 1.82) is 0 Å². The molecule has 0 aromatic heterocycles. The fourth-order valence-electron chi connectivity index (χ4n) is 2.81. The van der Waals surface area contributed by atoms with Crippen LogP contribution in [0.4, 0.5) is 0 Å². The third kappa shape index (κ3) is 5.50. The van der Waals surface area contributed by atoms with Gasteiger partial charge in [0.15, 0.2) is 0 Å². The number of rotatable bonds is 5. The lowest BCUT2D eigenvalue weighted by Gasteiger charge is -2.25. The molecule has 1 aromatic rings. The summed E-state index contributed by atoms with van der Waals surface area (Å²) in [5, 5.41) is 3.03. The summed E-state index contributed by atoms with van der Waals surface area (Å²) < 4.78 is 5.77. The first-order valence-electron chi connectivity index (χ1n) is 7.84. The molecule has 1 aromatic carbocycles. The highest BCUT2D eigenvalue weighted by molar-refractivity contribution is 5.85. The Kier molecular flexibility index (Phi) is 7.69. The minimum absolute atomic E-state index is 0. The molecular weight excluding hydrogens is 300 g/mol. The molecular formula is C17H27ClN2O2. The highest BCUT2D eigenvalue weighted by Gasteiger charge is 2.25. The van der Waals surface area contributed by atoms with Crippen LogP contribution in [0.25, 0.3) is 0 Å². The first-order chi connectivity index (χ1) is 10.1. The average molecular weight is 327 g/mol. The molecule has 124 valence electrons. The number of nitrogens with one attached hydrogen (secondary N) is 1. The molecule has 1 amide bonds. The zero-order valence-electron chi connectivity index (χ0n) is 13.4. The van der Waals surface area contributed by atoms with E-state index in [2.05, 4.69) is 5.32 Å². The first kappa shape index (κ1) is 18.8. The number of ether oxygens (including phenoxy) is 1. The molecule has 5 heteroatoms. The molecule has 1 aliphatic rings. The summed E-state index contributed by atoms with van der Waals surface area (Å²) in [6, 6.07) is 8.02. The van der Waals surface area contributed by atoms with Crippen LogP contribution in [0.15, 0.2) is 24.3 Å². The van der Waals surface area contributed by atoms with Crippen LogP contribution >= 0.6 is 12.4 Å². The van der Waals surface area contributed by atoms with E-state index in [0.717, 1.165) is 37.0 Å². The molecule has 2 rings (SSSR count). The van der Waals surface area contributed by atoms with Crippen molar-refractivity contribution in [3.63, 3.8) is 0 Å². The molecule has 0 radical (unpaired) electrons. The summed E-state index contributed by atoms with van der Waals surface area (Å²) in [7, 11) is 0. The van der Waals surface area contributed by atoms with Crippen molar-refractivity contribution < 1.29 is 9.53 Å². The van der Waals surface area contributed by atoms with Crippen molar-refractivity contribution >= 4 is 18.3 Å². The van der Waals surface area contributed by atoms with Gasteiger partial charge in [-0.2, -0.15) is 0 Å². The van der Waals surface area contributed by atoms with Gasteiger partial charge in [-0.05, 0) is 39.2 Å². The number of carbonyl (C=O) groups is 1. The van der Waals surface area contributed by atoms with Crippen molar-refractivity contribution in [2.24, 2.45) is 11.7 Å². The van der Waals surface area contributed by atoms with E-state index in [0.29, 0.717) is 6.54 Å². The SMILES string of the molecule is CC(C)Oc1ccccc1CNC(=O)C1CCCC(N)C1.Cl. The molecule has 0 aliphatic heterocycles. The summed E-state index contributed by atoms with van der Waals surface area (Å²) in [6.07, 6.45) is 3.96. The highest BCUT2D eigenvalue weighted by Crippen LogP contribution is 2.24. The normalized spacial score (nSPS) is 21.1. The number of hydrogen-bond acceptors (Lipinski definition) is 3. The number of carbonyl (C=O) groups excluding carboxylic acids is 1. The Bertz CT molecular complexity index is 479. The van der Waals surface area contributed by atoms with Gasteiger partial charge in [-0.3, -0.25) is 4.79 Å². The Balaban J connectivity index is 0.00000242. The number of halogens is 1. The van der Waals surface area contributed by atoms with Gasteiger partial charge in [0.25, 0.3) is 0 Å². The molecule has 4 nitrogen and oxygen atoms in total. The van der Waals surface area contributed by atoms with Crippen LogP contribution in [-0.4, -0.2) is 18.1 Å².